The van der Waals surface area contributed by atoms with Gasteiger partial charge >= 0.3 is 0 Å². The zero-order valence-corrected chi connectivity index (χ0v) is 10.9. The Morgan fingerprint density at radius 1 is 1.35 bits per heavy atom. The van der Waals surface area contributed by atoms with E-state index < -0.39 is 0 Å². The topological polar surface area (TPSA) is 74.4 Å². The van der Waals surface area contributed by atoms with Gasteiger partial charge in [-0.2, -0.15) is 0 Å². The van der Waals surface area contributed by atoms with E-state index in [2.05, 4.69) is 19.9 Å². The van der Waals surface area contributed by atoms with Crippen LogP contribution in [0.3, 0.4) is 0 Å². The standard InChI is InChI=1S/C10H11ClN4OS/c1-5-3-8(16)15-10(12-5)17-4-7-13-6(2)9(11)14-7/h3H,4H2,1-2H3,(H,13,14)(H,12,15,16). The van der Waals surface area contributed by atoms with E-state index in [-0.39, 0.29) is 5.56 Å². The summed E-state index contributed by atoms with van der Waals surface area (Å²) >= 11 is 7.24. The second-order valence-corrected chi connectivity index (χ2v) is 4.90. The van der Waals surface area contributed by atoms with Crippen LogP contribution in [0.2, 0.25) is 5.15 Å². The zero-order valence-electron chi connectivity index (χ0n) is 9.37. The Kier molecular flexibility index (Phi) is 3.54. The lowest BCUT2D eigenvalue weighted by molar-refractivity contribution is 0.903. The van der Waals surface area contributed by atoms with Crippen LogP contribution >= 0.6 is 23.4 Å². The predicted octanol–water partition coefficient (Wildman–Crippen LogP) is 2.06. The summed E-state index contributed by atoms with van der Waals surface area (Å²) in [5.74, 6) is 1.35. The van der Waals surface area contributed by atoms with Gasteiger partial charge in [-0.25, -0.2) is 9.97 Å². The molecule has 2 aromatic heterocycles. The van der Waals surface area contributed by atoms with Gasteiger partial charge in [-0.15, -0.1) is 0 Å². The predicted molar refractivity (Wildman–Crippen MR) is 67.5 cm³/mol. The summed E-state index contributed by atoms with van der Waals surface area (Å²) in [6.45, 7) is 3.64. The lowest BCUT2D eigenvalue weighted by Crippen LogP contribution is -2.08. The SMILES string of the molecule is Cc1cc(=O)[nH]c(SCc2nc(Cl)c(C)[nH]2)n1. The molecule has 0 aliphatic rings. The van der Waals surface area contributed by atoms with Crippen molar-refractivity contribution in [2.75, 3.05) is 0 Å². The first-order chi connectivity index (χ1) is 8.04. The summed E-state index contributed by atoms with van der Waals surface area (Å²) in [6, 6.07) is 1.46. The summed E-state index contributed by atoms with van der Waals surface area (Å²) in [5.41, 5.74) is 1.39. The van der Waals surface area contributed by atoms with E-state index in [4.69, 9.17) is 11.6 Å². The fourth-order valence-corrected chi connectivity index (χ4v) is 2.26. The molecule has 5 nitrogen and oxygen atoms in total. The molecule has 0 bridgehead atoms. The zero-order chi connectivity index (χ0) is 12.4. The average molecular weight is 271 g/mol. The van der Waals surface area contributed by atoms with Gasteiger partial charge in [0, 0.05) is 11.8 Å². The Hall–Kier alpha value is -1.27. The molecular formula is C10H11ClN4OS. The van der Waals surface area contributed by atoms with E-state index in [1.807, 2.05) is 6.92 Å². The Balaban J connectivity index is 2.09. The van der Waals surface area contributed by atoms with Gasteiger partial charge in [0.1, 0.15) is 11.0 Å². The van der Waals surface area contributed by atoms with Crippen molar-refractivity contribution in [3.05, 3.63) is 38.8 Å². The smallest absolute Gasteiger partial charge is 0.251 e. The number of nitrogens with zero attached hydrogens (tertiary/aromatic N) is 2. The van der Waals surface area contributed by atoms with Crippen LogP contribution in [0.15, 0.2) is 16.0 Å². The van der Waals surface area contributed by atoms with Crippen LogP contribution in [0, 0.1) is 13.8 Å². The van der Waals surface area contributed by atoms with Gasteiger partial charge in [-0.3, -0.25) is 4.79 Å². The number of aryl methyl sites for hydroxylation is 2. The van der Waals surface area contributed by atoms with Crippen molar-refractivity contribution in [2.24, 2.45) is 0 Å². The van der Waals surface area contributed by atoms with E-state index in [1.54, 1.807) is 6.92 Å². The average Bonchev–Trinajstić information content (AvgIpc) is 2.54. The van der Waals surface area contributed by atoms with Crippen LogP contribution in [-0.2, 0) is 5.75 Å². The fourth-order valence-electron chi connectivity index (χ4n) is 1.32. The molecule has 0 atom stereocenters. The van der Waals surface area contributed by atoms with Crippen molar-refractivity contribution < 1.29 is 0 Å². The third-order valence-electron chi connectivity index (χ3n) is 2.07. The molecule has 0 aliphatic carbocycles. The highest BCUT2D eigenvalue weighted by atomic mass is 35.5. The van der Waals surface area contributed by atoms with Crippen molar-refractivity contribution in [1.82, 2.24) is 19.9 Å². The Morgan fingerprint density at radius 2 is 2.12 bits per heavy atom. The maximum atomic E-state index is 11.2. The number of hydrogen-bond donors (Lipinski definition) is 2. The quantitative estimate of drug-likeness (QED) is 0.661. The number of imidazole rings is 1. The minimum absolute atomic E-state index is 0.145. The van der Waals surface area contributed by atoms with E-state index >= 15 is 0 Å². The molecule has 0 radical (unpaired) electrons. The molecular weight excluding hydrogens is 260 g/mol. The van der Waals surface area contributed by atoms with Crippen LogP contribution in [0.5, 0.6) is 0 Å². The second kappa shape index (κ2) is 4.93. The van der Waals surface area contributed by atoms with Gasteiger partial charge in [0.2, 0.25) is 0 Å². The highest BCUT2D eigenvalue weighted by Crippen LogP contribution is 2.19. The molecule has 0 saturated heterocycles. The van der Waals surface area contributed by atoms with Crippen LogP contribution in [0.25, 0.3) is 0 Å². The number of halogens is 1. The van der Waals surface area contributed by atoms with Crippen molar-refractivity contribution >= 4 is 23.4 Å². The molecule has 17 heavy (non-hydrogen) atoms. The molecule has 2 N–H and O–H groups in total. The maximum Gasteiger partial charge on any atom is 0.251 e. The largest absolute Gasteiger partial charge is 0.344 e. The third kappa shape index (κ3) is 3.10. The molecule has 90 valence electrons. The Bertz CT molecular complexity index is 573. The Labute approximate surface area is 107 Å². The molecule has 2 aromatic rings. The Morgan fingerprint density at radius 3 is 2.71 bits per heavy atom. The number of thioether (sulfide) groups is 1. The van der Waals surface area contributed by atoms with E-state index in [9.17, 15) is 4.79 Å². The summed E-state index contributed by atoms with van der Waals surface area (Å²) in [7, 11) is 0. The van der Waals surface area contributed by atoms with Gasteiger partial charge in [0.25, 0.3) is 5.56 Å². The number of H-pyrrole nitrogens is 2. The first kappa shape index (κ1) is 12.2. The molecule has 0 unspecified atom stereocenters. The first-order valence-corrected chi connectivity index (χ1v) is 6.32. The van der Waals surface area contributed by atoms with Crippen LogP contribution in [0.4, 0.5) is 0 Å². The molecule has 0 saturated carbocycles. The van der Waals surface area contributed by atoms with Crippen LogP contribution in [0.1, 0.15) is 17.2 Å². The lowest BCUT2D eigenvalue weighted by Gasteiger charge is -1.99. The minimum atomic E-state index is -0.145. The van der Waals surface area contributed by atoms with Crippen molar-refractivity contribution in [3.8, 4) is 0 Å². The molecule has 0 fully saturated rings. The van der Waals surface area contributed by atoms with E-state index in [0.717, 1.165) is 11.5 Å². The number of hydrogen-bond acceptors (Lipinski definition) is 4. The van der Waals surface area contributed by atoms with Gasteiger partial charge in [-0.05, 0) is 13.8 Å². The first-order valence-electron chi connectivity index (χ1n) is 4.96. The molecule has 7 heteroatoms. The van der Waals surface area contributed by atoms with Crippen molar-refractivity contribution in [3.63, 3.8) is 0 Å². The fraction of sp³-hybridized carbons (Fsp3) is 0.300. The monoisotopic (exact) mass is 270 g/mol. The number of aromatic nitrogens is 4. The van der Waals surface area contributed by atoms with Crippen LogP contribution < -0.4 is 5.56 Å². The summed E-state index contributed by atoms with van der Waals surface area (Å²) in [5, 5.41) is 1.06. The van der Waals surface area contributed by atoms with E-state index in [1.165, 1.54) is 17.8 Å². The van der Waals surface area contributed by atoms with Crippen molar-refractivity contribution in [1.29, 1.82) is 0 Å². The van der Waals surface area contributed by atoms with Gasteiger partial charge in [0.05, 0.1) is 11.4 Å². The molecule has 0 aliphatic heterocycles. The molecule has 0 aromatic carbocycles. The summed E-state index contributed by atoms with van der Waals surface area (Å²) in [4.78, 5) is 25.3. The van der Waals surface area contributed by atoms with Gasteiger partial charge in [-0.1, -0.05) is 23.4 Å². The normalized spacial score (nSPS) is 10.8. The van der Waals surface area contributed by atoms with Crippen LogP contribution in [-0.4, -0.2) is 19.9 Å². The minimum Gasteiger partial charge on any atom is -0.344 e. The summed E-state index contributed by atoms with van der Waals surface area (Å²) < 4.78 is 0. The van der Waals surface area contributed by atoms with Gasteiger partial charge < -0.3 is 9.97 Å². The molecule has 0 amide bonds. The number of rotatable bonds is 3. The molecule has 2 rings (SSSR count). The highest BCUT2D eigenvalue weighted by molar-refractivity contribution is 7.98. The highest BCUT2D eigenvalue weighted by Gasteiger charge is 2.06. The molecule has 2 heterocycles. The number of nitrogens with one attached hydrogen (secondary N) is 2. The third-order valence-corrected chi connectivity index (χ3v) is 3.32. The lowest BCUT2D eigenvalue weighted by atomic mass is 10.5. The summed E-state index contributed by atoms with van der Waals surface area (Å²) in [6.07, 6.45) is 0. The van der Waals surface area contributed by atoms with Gasteiger partial charge in [0.15, 0.2) is 5.16 Å². The maximum absolute atomic E-state index is 11.2. The number of aromatic amines is 2. The second-order valence-electron chi connectivity index (χ2n) is 3.58. The van der Waals surface area contributed by atoms with Crippen molar-refractivity contribution in [2.45, 2.75) is 24.8 Å². The van der Waals surface area contributed by atoms with E-state index in [0.29, 0.717) is 21.8 Å². The molecule has 0 spiro atoms.